The van der Waals surface area contributed by atoms with Crippen molar-refractivity contribution in [2.24, 2.45) is 0 Å². The summed E-state index contributed by atoms with van der Waals surface area (Å²) in [5.41, 5.74) is 5.63. The third-order valence-corrected chi connectivity index (χ3v) is 5.92. The van der Waals surface area contributed by atoms with E-state index in [1.54, 1.807) is 17.2 Å². The zero-order chi connectivity index (χ0) is 23.5. The number of nitrogens with zero attached hydrogens (tertiary/aromatic N) is 5. The number of anilines is 1. The molecule has 33 heavy (non-hydrogen) atoms. The van der Waals surface area contributed by atoms with E-state index in [-0.39, 0.29) is 24.4 Å². The summed E-state index contributed by atoms with van der Waals surface area (Å²) in [7, 11) is 0. The highest BCUT2D eigenvalue weighted by Gasteiger charge is 2.30. The van der Waals surface area contributed by atoms with Crippen LogP contribution in [0.15, 0.2) is 54.7 Å². The molecule has 1 aromatic carbocycles. The number of carbonyl (C=O) groups excluding carboxylic acids is 1. The third kappa shape index (κ3) is 4.28. The number of carbonyl (C=O) groups is 1. The van der Waals surface area contributed by atoms with E-state index in [2.05, 4.69) is 15.4 Å². The topological polar surface area (TPSA) is 75.9 Å². The largest absolute Gasteiger partial charge is 0.322 e. The molecule has 5 rings (SSSR count). The summed E-state index contributed by atoms with van der Waals surface area (Å²) in [6.45, 7) is 8.22. The van der Waals surface area contributed by atoms with Gasteiger partial charge >= 0.3 is 6.03 Å². The first-order chi connectivity index (χ1) is 16.0. The van der Waals surface area contributed by atoms with Gasteiger partial charge in [-0.15, -0.1) is 3.89 Å². The maximum atomic E-state index is 13.6. The van der Waals surface area contributed by atoms with Crippen molar-refractivity contribution in [1.29, 1.82) is 0 Å². The normalized spacial score (nSPS) is 13.7. The highest BCUT2D eigenvalue weighted by atomic mass is 32.2. The zero-order valence-corrected chi connectivity index (χ0v) is 19.7. The van der Waals surface area contributed by atoms with Gasteiger partial charge in [-0.1, -0.05) is 44.2 Å². The molecule has 1 aliphatic rings. The van der Waals surface area contributed by atoms with Crippen LogP contribution in [0.4, 0.5) is 14.4 Å². The molecule has 1 unspecified atom stereocenters. The Labute approximate surface area is 196 Å². The summed E-state index contributed by atoms with van der Waals surface area (Å²) >= 11 is -0.00102. The molecule has 0 spiro atoms. The minimum absolute atomic E-state index is 0.00102. The number of nitrogens with one attached hydrogen (secondary N) is 1. The van der Waals surface area contributed by atoms with Gasteiger partial charge in [-0.2, -0.15) is 9.19 Å². The summed E-state index contributed by atoms with van der Waals surface area (Å²) in [5, 5.41) is 7.30. The van der Waals surface area contributed by atoms with E-state index in [1.807, 2.05) is 70.2 Å². The lowest BCUT2D eigenvalue weighted by atomic mass is 10.1. The summed E-state index contributed by atoms with van der Waals surface area (Å²) in [6, 6.07) is 15.0. The number of rotatable bonds is 4. The zero-order valence-electron chi connectivity index (χ0n) is 18.9. The van der Waals surface area contributed by atoms with E-state index >= 15 is 0 Å². The Hall–Kier alpha value is -3.46. The van der Waals surface area contributed by atoms with Gasteiger partial charge in [0.05, 0.1) is 24.0 Å². The maximum Gasteiger partial charge on any atom is 0.322 e. The fraction of sp³-hybridized carbons (Fsp3) is 0.250. The van der Waals surface area contributed by atoms with Crippen molar-refractivity contribution in [2.45, 2.75) is 40.3 Å². The predicted octanol–water partition coefficient (Wildman–Crippen LogP) is 6.32. The van der Waals surface area contributed by atoms with Gasteiger partial charge in [0.15, 0.2) is 12.3 Å². The second-order valence-corrected chi connectivity index (χ2v) is 7.96. The minimum atomic E-state index is -0.214. The highest BCUT2D eigenvalue weighted by molar-refractivity contribution is 7.92. The molecule has 1 N–H and O–H groups in total. The number of hydrogen-bond donors (Lipinski definition) is 1. The highest BCUT2D eigenvalue weighted by Crippen LogP contribution is 2.35. The lowest BCUT2D eigenvalue weighted by Gasteiger charge is -2.33. The number of benzene rings is 1. The second-order valence-electron chi connectivity index (χ2n) is 7.47. The molecule has 9 heteroatoms. The van der Waals surface area contributed by atoms with Gasteiger partial charge in [0.1, 0.15) is 16.7 Å². The smallest absolute Gasteiger partial charge is 0.312 e. The molecule has 3 aromatic heterocycles. The molecule has 7 nitrogen and oxygen atoms in total. The number of aryl methyl sites for hydroxylation is 1. The van der Waals surface area contributed by atoms with E-state index in [0.717, 1.165) is 16.8 Å². The molecular weight excluding hydrogens is 439 g/mol. The van der Waals surface area contributed by atoms with Crippen LogP contribution in [0.5, 0.6) is 0 Å². The average Bonchev–Trinajstić information content (AvgIpc) is 3.21. The molecule has 170 valence electrons. The fourth-order valence-electron chi connectivity index (χ4n) is 3.87. The van der Waals surface area contributed by atoms with Crippen molar-refractivity contribution in [3.8, 4) is 11.3 Å². The van der Waals surface area contributed by atoms with Crippen LogP contribution in [0.2, 0.25) is 0 Å². The summed E-state index contributed by atoms with van der Waals surface area (Å²) in [6.07, 6.45) is 1.69. The molecule has 0 aliphatic carbocycles. The molecule has 0 saturated heterocycles. The van der Waals surface area contributed by atoms with Gasteiger partial charge in [0.25, 0.3) is 0 Å². The van der Waals surface area contributed by atoms with Crippen molar-refractivity contribution in [3.63, 3.8) is 0 Å². The quantitative estimate of drug-likeness (QED) is 0.383. The van der Waals surface area contributed by atoms with Gasteiger partial charge in [0.2, 0.25) is 0 Å². The standard InChI is InChI=1S/C22H19FN6OS.C2H6/c1-13-10-16(8-9-24-13)20-21-19(29(27-20)31-23)11-17-18(25-21)12-28(22(30)26-17)14(2)15-6-4-3-5-7-15;1-2/h3-11,14H,12H2,1-2H3,(H,26,30);1-2H3. The predicted molar refractivity (Wildman–Crippen MR) is 130 cm³/mol. The van der Waals surface area contributed by atoms with Crippen LogP contribution < -0.4 is 5.32 Å². The van der Waals surface area contributed by atoms with E-state index in [1.165, 1.54) is 4.09 Å². The lowest BCUT2D eigenvalue weighted by molar-refractivity contribution is 0.185. The summed E-state index contributed by atoms with van der Waals surface area (Å²) in [5.74, 6) is 0. The number of pyridine rings is 2. The minimum Gasteiger partial charge on any atom is -0.312 e. The van der Waals surface area contributed by atoms with Crippen molar-refractivity contribution in [2.75, 3.05) is 5.32 Å². The van der Waals surface area contributed by atoms with Crippen molar-refractivity contribution in [1.82, 2.24) is 24.1 Å². The molecular formula is C24H25FN6OS. The van der Waals surface area contributed by atoms with Crippen LogP contribution in [0.1, 0.15) is 43.8 Å². The van der Waals surface area contributed by atoms with Gasteiger partial charge < -0.3 is 10.2 Å². The number of halogens is 1. The average molecular weight is 465 g/mol. The van der Waals surface area contributed by atoms with E-state index in [0.29, 0.717) is 34.7 Å². The molecule has 0 radical (unpaired) electrons. The first-order valence-corrected chi connectivity index (χ1v) is 11.5. The molecule has 1 atom stereocenters. The number of aromatic nitrogens is 4. The number of amides is 2. The molecule has 0 saturated carbocycles. The van der Waals surface area contributed by atoms with Crippen molar-refractivity contribution < 1.29 is 8.68 Å². The Morgan fingerprint density at radius 3 is 2.61 bits per heavy atom. The van der Waals surface area contributed by atoms with Gasteiger partial charge in [0, 0.05) is 17.5 Å². The first kappa shape index (κ1) is 22.7. The van der Waals surface area contributed by atoms with Crippen LogP contribution in [-0.4, -0.2) is 30.1 Å². The monoisotopic (exact) mass is 464 g/mol. The maximum absolute atomic E-state index is 13.6. The van der Waals surface area contributed by atoms with Crippen molar-refractivity contribution >= 4 is 35.1 Å². The number of hydrogen-bond acceptors (Lipinski definition) is 5. The number of urea groups is 1. The molecule has 4 aromatic rings. The SMILES string of the molecule is CC.Cc1cc(-c2nn(SF)c3cc4c(nc23)CN(C(C)c2ccccc2)C(=O)N4)ccn1. The van der Waals surface area contributed by atoms with Crippen LogP contribution in [0.3, 0.4) is 0 Å². The van der Waals surface area contributed by atoms with Crippen molar-refractivity contribution in [3.05, 3.63) is 71.7 Å². The van der Waals surface area contributed by atoms with Crippen LogP contribution in [-0.2, 0) is 6.54 Å². The molecule has 2 amide bonds. The Balaban J connectivity index is 0.00000126. The summed E-state index contributed by atoms with van der Waals surface area (Å²) < 4.78 is 14.8. The molecule has 0 fully saturated rings. The Kier molecular flexibility index (Phi) is 6.60. The Bertz CT molecular complexity index is 1290. The molecule has 4 heterocycles. The molecule has 1 aliphatic heterocycles. The van der Waals surface area contributed by atoms with Gasteiger partial charge in [-0.3, -0.25) is 4.98 Å². The van der Waals surface area contributed by atoms with Gasteiger partial charge in [-0.25, -0.2) is 9.78 Å². The van der Waals surface area contributed by atoms with E-state index in [9.17, 15) is 8.68 Å². The fourth-order valence-corrected chi connectivity index (χ4v) is 4.19. The van der Waals surface area contributed by atoms with Crippen LogP contribution in [0, 0.1) is 6.92 Å². The van der Waals surface area contributed by atoms with Gasteiger partial charge in [-0.05, 0) is 37.6 Å². The Morgan fingerprint density at radius 1 is 1.15 bits per heavy atom. The first-order valence-electron chi connectivity index (χ1n) is 10.8. The second kappa shape index (κ2) is 9.58. The summed E-state index contributed by atoms with van der Waals surface area (Å²) in [4.78, 5) is 23.6. The van der Waals surface area contributed by atoms with Crippen LogP contribution >= 0.6 is 12.3 Å². The molecule has 0 bridgehead atoms. The third-order valence-electron chi connectivity index (χ3n) is 5.51. The number of fused-ring (bicyclic) bond motifs is 2. The lowest BCUT2D eigenvalue weighted by Crippen LogP contribution is -2.40. The van der Waals surface area contributed by atoms with E-state index < -0.39 is 0 Å². The van der Waals surface area contributed by atoms with E-state index in [4.69, 9.17) is 4.98 Å². The van der Waals surface area contributed by atoms with Crippen LogP contribution in [0.25, 0.3) is 22.3 Å². The Morgan fingerprint density at radius 2 is 1.91 bits per heavy atom.